The molecule has 1 amide bonds. The Labute approximate surface area is 219 Å². The van der Waals surface area contributed by atoms with E-state index in [9.17, 15) is 18.4 Å². The molecule has 6 nitrogen and oxygen atoms in total. The van der Waals surface area contributed by atoms with E-state index in [0.29, 0.717) is 48.9 Å². The third kappa shape index (κ3) is 6.71. The van der Waals surface area contributed by atoms with Crippen molar-refractivity contribution in [3.05, 3.63) is 106 Å². The number of amides is 1. The van der Waals surface area contributed by atoms with Crippen LogP contribution in [-0.2, 0) is 16.1 Å². The molecule has 1 unspecified atom stereocenters. The number of nitrogens with zero attached hydrogens (tertiary/aromatic N) is 2. The number of benzene rings is 3. The number of carbonyl (C=O) groups is 2. The summed E-state index contributed by atoms with van der Waals surface area (Å²) in [7, 11) is 1.31. The van der Waals surface area contributed by atoms with Gasteiger partial charge in [0.15, 0.2) is 0 Å². The largest absolute Gasteiger partial charge is 0.465 e. The van der Waals surface area contributed by atoms with E-state index in [0.717, 1.165) is 5.56 Å². The SMILES string of the molecule is COC(=O)c1ccc(C(=O)N2CCN(CC(OCc3c(F)cccc3F)c3ccc(Cl)cc3)CC2)cc1. The number of ether oxygens (including phenoxy) is 2. The summed E-state index contributed by atoms with van der Waals surface area (Å²) in [4.78, 5) is 28.5. The van der Waals surface area contributed by atoms with Gasteiger partial charge >= 0.3 is 5.97 Å². The van der Waals surface area contributed by atoms with Gasteiger partial charge in [-0.1, -0.05) is 29.8 Å². The zero-order valence-electron chi connectivity index (χ0n) is 20.3. The number of hydrogen-bond acceptors (Lipinski definition) is 5. The van der Waals surface area contributed by atoms with Crippen molar-refractivity contribution in [3.8, 4) is 0 Å². The monoisotopic (exact) mass is 528 g/mol. The van der Waals surface area contributed by atoms with Crippen molar-refractivity contribution < 1.29 is 27.8 Å². The topological polar surface area (TPSA) is 59.1 Å². The van der Waals surface area contributed by atoms with Crippen LogP contribution in [0.2, 0.25) is 5.02 Å². The van der Waals surface area contributed by atoms with Gasteiger partial charge in [0.1, 0.15) is 11.6 Å². The van der Waals surface area contributed by atoms with Gasteiger partial charge in [-0.15, -0.1) is 0 Å². The van der Waals surface area contributed by atoms with Gasteiger partial charge in [-0.3, -0.25) is 9.69 Å². The van der Waals surface area contributed by atoms with Gasteiger partial charge in [-0.05, 0) is 54.1 Å². The van der Waals surface area contributed by atoms with E-state index < -0.39 is 23.7 Å². The lowest BCUT2D eigenvalue weighted by molar-refractivity contribution is 0.00144. The molecule has 194 valence electrons. The fourth-order valence-corrected chi connectivity index (χ4v) is 4.33. The van der Waals surface area contributed by atoms with Crippen molar-refractivity contribution in [1.29, 1.82) is 0 Å². The molecule has 1 fully saturated rings. The van der Waals surface area contributed by atoms with Crippen molar-refractivity contribution in [2.24, 2.45) is 0 Å². The first-order valence-corrected chi connectivity index (χ1v) is 12.2. The molecule has 1 saturated heterocycles. The van der Waals surface area contributed by atoms with Crippen molar-refractivity contribution >= 4 is 23.5 Å². The average molecular weight is 529 g/mol. The van der Waals surface area contributed by atoms with Crippen LogP contribution in [0.15, 0.2) is 66.7 Å². The van der Waals surface area contributed by atoms with E-state index in [4.69, 9.17) is 21.1 Å². The fraction of sp³-hybridized carbons (Fsp3) is 0.286. The smallest absolute Gasteiger partial charge is 0.337 e. The van der Waals surface area contributed by atoms with E-state index >= 15 is 0 Å². The molecule has 0 aliphatic carbocycles. The van der Waals surface area contributed by atoms with Gasteiger partial charge in [0, 0.05) is 48.9 Å². The standard InChI is InChI=1S/C28H27ClF2N2O4/c1-36-28(35)21-7-5-20(6-8-21)27(34)33-15-13-32(14-16-33)17-26(19-9-11-22(29)12-10-19)37-18-23-24(30)3-2-4-25(23)31/h2-12,26H,13-18H2,1H3. The predicted molar refractivity (Wildman–Crippen MR) is 135 cm³/mol. The number of esters is 1. The summed E-state index contributed by atoms with van der Waals surface area (Å²) in [5, 5.41) is 0.578. The second-order valence-electron chi connectivity index (χ2n) is 8.71. The normalized spacial score (nSPS) is 14.9. The lowest BCUT2D eigenvalue weighted by Crippen LogP contribution is -2.49. The summed E-state index contributed by atoms with van der Waals surface area (Å²) >= 11 is 6.04. The van der Waals surface area contributed by atoms with Crippen LogP contribution in [-0.4, -0.2) is 61.5 Å². The van der Waals surface area contributed by atoms with Gasteiger partial charge in [0.25, 0.3) is 5.91 Å². The first-order valence-electron chi connectivity index (χ1n) is 11.9. The Balaban J connectivity index is 1.39. The summed E-state index contributed by atoms with van der Waals surface area (Å²) in [6.07, 6.45) is -0.454. The second-order valence-corrected chi connectivity index (χ2v) is 9.15. The summed E-state index contributed by atoms with van der Waals surface area (Å²) < 4.78 is 39.0. The molecule has 3 aromatic carbocycles. The first-order chi connectivity index (χ1) is 17.9. The quantitative estimate of drug-likeness (QED) is 0.380. The molecule has 0 aromatic heterocycles. The second kappa shape index (κ2) is 12.3. The van der Waals surface area contributed by atoms with Crippen LogP contribution in [0.4, 0.5) is 8.78 Å². The number of carbonyl (C=O) groups excluding carboxylic acids is 2. The summed E-state index contributed by atoms with van der Waals surface area (Å²) in [6.45, 7) is 2.49. The molecule has 0 bridgehead atoms. The van der Waals surface area contributed by atoms with E-state index in [2.05, 4.69) is 4.90 Å². The predicted octanol–water partition coefficient (Wildman–Crippen LogP) is 5.12. The van der Waals surface area contributed by atoms with Gasteiger partial charge in [0.05, 0.1) is 25.4 Å². The Morgan fingerprint density at radius 2 is 1.49 bits per heavy atom. The molecule has 1 aliphatic rings. The zero-order chi connectivity index (χ0) is 26.4. The maximum Gasteiger partial charge on any atom is 0.337 e. The minimum Gasteiger partial charge on any atom is -0.465 e. The van der Waals surface area contributed by atoms with Crippen LogP contribution in [0, 0.1) is 11.6 Å². The van der Waals surface area contributed by atoms with Crippen LogP contribution in [0.25, 0.3) is 0 Å². The molecular weight excluding hydrogens is 502 g/mol. The lowest BCUT2D eigenvalue weighted by atomic mass is 10.1. The molecule has 0 N–H and O–H groups in total. The van der Waals surface area contributed by atoms with Crippen LogP contribution in [0.5, 0.6) is 0 Å². The molecular formula is C28H27ClF2N2O4. The molecule has 3 aromatic rings. The molecule has 4 rings (SSSR count). The minimum absolute atomic E-state index is 0.114. The summed E-state index contributed by atoms with van der Waals surface area (Å²) in [6, 6.07) is 17.3. The van der Waals surface area contributed by atoms with Gasteiger partial charge in [-0.2, -0.15) is 0 Å². The Kier molecular flexibility index (Phi) is 8.87. The van der Waals surface area contributed by atoms with Crippen LogP contribution >= 0.6 is 11.6 Å². The Morgan fingerprint density at radius 1 is 0.892 bits per heavy atom. The maximum atomic E-state index is 14.1. The number of piperazine rings is 1. The molecule has 0 spiro atoms. The summed E-state index contributed by atoms with van der Waals surface area (Å²) in [5.74, 6) is -1.87. The highest BCUT2D eigenvalue weighted by molar-refractivity contribution is 6.30. The number of methoxy groups -OCH3 is 1. The lowest BCUT2D eigenvalue weighted by Gasteiger charge is -2.36. The molecule has 1 aliphatic heterocycles. The third-order valence-corrected chi connectivity index (χ3v) is 6.62. The molecule has 1 heterocycles. The number of rotatable bonds is 8. The van der Waals surface area contributed by atoms with Gasteiger partial charge in [0.2, 0.25) is 0 Å². The van der Waals surface area contributed by atoms with Crippen molar-refractivity contribution in [3.63, 3.8) is 0 Å². The maximum absolute atomic E-state index is 14.1. The Morgan fingerprint density at radius 3 is 2.08 bits per heavy atom. The average Bonchev–Trinajstić information content (AvgIpc) is 2.92. The molecule has 1 atom stereocenters. The number of halogens is 3. The van der Waals surface area contributed by atoms with Crippen LogP contribution in [0.3, 0.4) is 0 Å². The highest BCUT2D eigenvalue weighted by Crippen LogP contribution is 2.25. The first kappa shape index (κ1) is 26.7. The van der Waals surface area contributed by atoms with Gasteiger partial charge < -0.3 is 14.4 Å². The zero-order valence-corrected chi connectivity index (χ0v) is 21.1. The van der Waals surface area contributed by atoms with Crippen LogP contribution in [0.1, 0.15) is 37.9 Å². The van der Waals surface area contributed by atoms with Gasteiger partial charge in [-0.25, -0.2) is 13.6 Å². The third-order valence-electron chi connectivity index (χ3n) is 6.37. The molecule has 9 heteroatoms. The highest BCUT2D eigenvalue weighted by atomic mass is 35.5. The van der Waals surface area contributed by atoms with Crippen molar-refractivity contribution in [2.45, 2.75) is 12.7 Å². The Hall–Kier alpha value is -3.33. The summed E-state index contributed by atoms with van der Waals surface area (Å²) in [5.41, 5.74) is 1.60. The molecule has 0 saturated carbocycles. The van der Waals surface area contributed by atoms with E-state index in [1.165, 1.54) is 25.3 Å². The minimum atomic E-state index is -0.651. The van der Waals surface area contributed by atoms with E-state index in [-0.39, 0.29) is 18.1 Å². The Bertz CT molecular complexity index is 1210. The molecule has 0 radical (unpaired) electrons. The molecule has 37 heavy (non-hydrogen) atoms. The van der Waals surface area contributed by atoms with E-state index in [1.807, 2.05) is 12.1 Å². The number of hydrogen-bond donors (Lipinski definition) is 0. The van der Waals surface area contributed by atoms with E-state index in [1.54, 1.807) is 41.3 Å². The highest BCUT2D eigenvalue weighted by Gasteiger charge is 2.25. The fourth-order valence-electron chi connectivity index (χ4n) is 4.20. The van der Waals surface area contributed by atoms with Crippen LogP contribution < -0.4 is 0 Å². The van der Waals surface area contributed by atoms with Crippen molar-refractivity contribution in [1.82, 2.24) is 9.80 Å². The van der Waals surface area contributed by atoms with Crippen molar-refractivity contribution in [2.75, 3.05) is 39.8 Å².